The van der Waals surface area contributed by atoms with E-state index in [0.29, 0.717) is 19.4 Å². The fourth-order valence-corrected chi connectivity index (χ4v) is 1.60. The predicted molar refractivity (Wildman–Crippen MR) is 44.9 cm³/mol. The first-order valence-electron chi connectivity index (χ1n) is 4.54. The molecule has 1 heterocycles. The van der Waals surface area contributed by atoms with Crippen LogP contribution in [0.2, 0.25) is 0 Å². The van der Waals surface area contributed by atoms with Gasteiger partial charge in [-0.2, -0.15) is 0 Å². The van der Waals surface area contributed by atoms with Gasteiger partial charge in [-0.15, -0.1) is 0 Å². The van der Waals surface area contributed by atoms with Gasteiger partial charge in [-0.05, 0) is 32.1 Å². The van der Waals surface area contributed by atoms with Crippen molar-refractivity contribution in [2.45, 2.75) is 37.7 Å². The SMILES string of the molecule is O=CC1(CCCO)CCCCO1. The summed E-state index contributed by atoms with van der Waals surface area (Å²) in [4.78, 5) is 10.8. The van der Waals surface area contributed by atoms with E-state index in [0.717, 1.165) is 25.5 Å². The molecule has 70 valence electrons. The zero-order valence-corrected chi connectivity index (χ0v) is 7.29. The van der Waals surface area contributed by atoms with Crippen molar-refractivity contribution >= 4 is 6.29 Å². The Kier molecular flexibility index (Phi) is 3.69. The standard InChI is InChI=1S/C9H16O3/c10-6-3-5-9(8-11)4-1-2-7-12-9/h8,10H,1-7H2. The topological polar surface area (TPSA) is 46.5 Å². The average molecular weight is 172 g/mol. The molecule has 1 atom stereocenters. The first kappa shape index (κ1) is 9.68. The van der Waals surface area contributed by atoms with E-state index >= 15 is 0 Å². The van der Waals surface area contributed by atoms with Crippen LogP contribution in [-0.2, 0) is 9.53 Å². The second-order valence-corrected chi connectivity index (χ2v) is 3.32. The lowest BCUT2D eigenvalue weighted by Gasteiger charge is -2.32. The highest BCUT2D eigenvalue weighted by atomic mass is 16.5. The monoisotopic (exact) mass is 172 g/mol. The van der Waals surface area contributed by atoms with E-state index in [1.165, 1.54) is 0 Å². The van der Waals surface area contributed by atoms with E-state index in [1.54, 1.807) is 0 Å². The molecule has 3 nitrogen and oxygen atoms in total. The lowest BCUT2D eigenvalue weighted by molar-refractivity contribution is -0.139. The Balaban J connectivity index is 2.42. The van der Waals surface area contributed by atoms with Crippen molar-refractivity contribution in [2.75, 3.05) is 13.2 Å². The maximum absolute atomic E-state index is 10.8. The molecule has 0 aromatic rings. The normalized spacial score (nSPS) is 30.1. The van der Waals surface area contributed by atoms with Crippen LogP contribution in [0.5, 0.6) is 0 Å². The molecule has 1 N–H and O–H groups in total. The van der Waals surface area contributed by atoms with Gasteiger partial charge in [0.15, 0.2) is 6.29 Å². The Morgan fingerprint density at radius 1 is 1.50 bits per heavy atom. The molecule has 0 amide bonds. The van der Waals surface area contributed by atoms with Gasteiger partial charge in [0.1, 0.15) is 5.60 Å². The number of hydrogen-bond acceptors (Lipinski definition) is 3. The number of aldehydes is 1. The molecule has 3 heteroatoms. The third kappa shape index (κ3) is 2.29. The zero-order chi connectivity index (χ0) is 8.86. The van der Waals surface area contributed by atoms with Crippen molar-refractivity contribution < 1.29 is 14.6 Å². The van der Waals surface area contributed by atoms with Gasteiger partial charge in [0.2, 0.25) is 0 Å². The Bertz CT molecular complexity index is 139. The van der Waals surface area contributed by atoms with Crippen molar-refractivity contribution in [1.29, 1.82) is 0 Å². The van der Waals surface area contributed by atoms with E-state index < -0.39 is 5.60 Å². The number of aliphatic hydroxyl groups excluding tert-OH is 1. The van der Waals surface area contributed by atoms with Gasteiger partial charge in [-0.25, -0.2) is 0 Å². The van der Waals surface area contributed by atoms with E-state index in [4.69, 9.17) is 9.84 Å². The van der Waals surface area contributed by atoms with Crippen LogP contribution in [0.3, 0.4) is 0 Å². The van der Waals surface area contributed by atoms with Gasteiger partial charge < -0.3 is 14.6 Å². The summed E-state index contributed by atoms with van der Waals surface area (Å²) in [6, 6.07) is 0. The van der Waals surface area contributed by atoms with E-state index in [-0.39, 0.29) is 6.61 Å². The number of hydrogen-bond donors (Lipinski definition) is 1. The largest absolute Gasteiger partial charge is 0.396 e. The van der Waals surface area contributed by atoms with Crippen LogP contribution >= 0.6 is 0 Å². The van der Waals surface area contributed by atoms with Gasteiger partial charge in [-0.3, -0.25) is 0 Å². The molecule has 1 saturated heterocycles. The summed E-state index contributed by atoms with van der Waals surface area (Å²) < 4.78 is 5.44. The minimum Gasteiger partial charge on any atom is -0.396 e. The maximum Gasteiger partial charge on any atom is 0.151 e. The van der Waals surface area contributed by atoms with Crippen LogP contribution in [-0.4, -0.2) is 30.2 Å². The molecule has 0 aromatic heterocycles. The lowest BCUT2D eigenvalue weighted by Crippen LogP contribution is -2.38. The molecule has 1 aliphatic rings. The summed E-state index contributed by atoms with van der Waals surface area (Å²) in [5.74, 6) is 0. The molecule has 1 fully saturated rings. The minimum atomic E-state index is -0.568. The van der Waals surface area contributed by atoms with Gasteiger partial charge in [0, 0.05) is 13.2 Å². The second kappa shape index (κ2) is 4.58. The molecular weight excluding hydrogens is 156 g/mol. The lowest BCUT2D eigenvalue weighted by atomic mass is 9.91. The van der Waals surface area contributed by atoms with Crippen molar-refractivity contribution in [3.8, 4) is 0 Å². The summed E-state index contributed by atoms with van der Waals surface area (Å²) in [6.07, 6.45) is 5.14. The highest BCUT2D eigenvalue weighted by Gasteiger charge is 2.31. The van der Waals surface area contributed by atoms with Crippen LogP contribution in [0.4, 0.5) is 0 Å². The van der Waals surface area contributed by atoms with Crippen LogP contribution < -0.4 is 0 Å². The van der Waals surface area contributed by atoms with E-state index in [1.807, 2.05) is 0 Å². The molecule has 0 aromatic carbocycles. The van der Waals surface area contributed by atoms with Gasteiger partial charge in [0.05, 0.1) is 0 Å². The summed E-state index contributed by atoms with van der Waals surface area (Å²) in [5, 5.41) is 8.64. The van der Waals surface area contributed by atoms with Crippen molar-refractivity contribution in [3.63, 3.8) is 0 Å². The fourth-order valence-electron chi connectivity index (χ4n) is 1.60. The molecule has 0 radical (unpaired) electrons. The summed E-state index contributed by atoms with van der Waals surface area (Å²) in [5.41, 5.74) is -0.568. The average Bonchev–Trinajstić information content (AvgIpc) is 2.16. The molecule has 1 aliphatic heterocycles. The van der Waals surface area contributed by atoms with Gasteiger partial charge in [0.25, 0.3) is 0 Å². The third-order valence-corrected chi connectivity index (χ3v) is 2.36. The molecule has 0 spiro atoms. The summed E-state index contributed by atoms with van der Waals surface area (Å²) in [6.45, 7) is 0.823. The first-order chi connectivity index (χ1) is 5.83. The number of aliphatic hydroxyl groups is 1. The Morgan fingerprint density at radius 3 is 2.83 bits per heavy atom. The van der Waals surface area contributed by atoms with E-state index in [9.17, 15) is 4.79 Å². The van der Waals surface area contributed by atoms with Gasteiger partial charge in [-0.1, -0.05) is 0 Å². The summed E-state index contributed by atoms with van der Waals surface area (Å²) >= 11 is 0. The highest BCUT2D eigenvalue weighted by Crippen LogP contribution is 2.27. The predicted octanol–water partition coefficient (Wildman–Crippen LogP) is 0.897. The number of carbonyl (C=O) groups is 1. The fraction of sp³-hybridized carbons (Fsp3) is 0.889. The van der Waals surface area contributed by atoms with Crippen molar-refractivity contribution in [2.24, 2.45) is 0 Å². The Labute approximate surface area is 72.7 Å². The molecule has 1 unspecified atom stereocenters. The van der Waals surface area contributed by atoms with Gasteiger partial charge >= 0.3 is 0 Å². The van der Waals surface area contributed by atoms with Crippen LogP contribution in [0.25, 0.3) is 0 Å². The number of carbonyl (C=O) groups excluding carboxylic acids is 1. The highest BCUT2D eigenvalue weighted by molar-refractivity contribution is 5.62. The minimum absolute atomic E-state index is 0.138. The zero-order valence-electron chi connectivity index (χ0n) is 7.29. The molecular formula is C9H16O3. The number of rotatable bonds is 4. The van der Waals surface area contributed by atoms with Crippen LogP contribution in [0.15, 0.2) is 0 Å². The maximum atomic E-state index is 10.8. The van der Waals surface area contributed by atoms with Crippen molar-refractivity contribution in [1.82, 2.24) is 0 Å². The molecule has 0 saturated carbocycles. The quantitative estimate of drug-likeness (QED) is 0.641. The molecule has 0 bridgehead atoms. The Hall–Kier alpha value is -0.410. The first-order valence-corrected chi connectivity index (χ1v) is 4.54. The third-order valence-electron chi connectivity index (χ3n) is 2.36. The molecule has 0 aliphatic carbocycles. The van der Waals surface area contributed by atoms with E-state index in [2.05, 4.69) is 0 Å². The smallest absolute Gasteiger partial charge is 0.151 e. The second-order valence-electron chi connectivity index (χ2n) is 3.32. The Morgan fingerprint density at radius 2 is 2.33 bits per heavy atom. The van der Waals surface area contributed by atoms with Crippen LogP contribution in [0.1, 0.15) is 32.1 Å². The number of ether oxygens (including phenoxy) is 1. The van der Waals surface area contributed by atoms with Crippen molar-refractivity contribution in [3.05, 3.63) is 0 Å². The molecule has 12 heavy (non-hydrogen) atoms. The molecule has 1 rings (SSSR count). The van der Waals surface area contributed by atoms with Crippen LogP contribution in [0, 0.1) is 0 Å². The summed E-state index contributed by atoms with van der Waals surface area (Å²) in [7, 11) is 0.